The van der Waals surface area contributed by atoms with Gasteiger partial charge in [0.05, 0.1) is 0 Å². The molecule has 2 nitrogen and oxygen atoms in total. The Morgan fingerprint density at radius 3 is 3.00 bits per heavy atom. The molecule has 0 aliphatic carbocycles. The van der Waals surface area contributed by atoms with E-state index in [1.54, 1.807) is 0 Å². The molecule has 0 N–H and O–H groups in total. The van der Waals surface area contributed by atoms with Gasteiger partial charge in [0.1, 0.15) is 0 Å². The van der Waals surface area contributed by atoms with E-state index in [-0.39, 0.29) is 5.72 Å². The summed E-state index contributed by atoms with van der Waals surface area (Å²) >= 11 is 0. The Morgan fingerprint density at radius 1 is 1.40 bits per heavy atom. The van der Waals surface area contributed by atoms with E-state index in [1.807, 2.05) is 18.4 Å². The molecule has 1 atom stereocenters. The van der Waals surface area contributed by atoms with Crippen LogP contribution in [0.2, 0.25) is 0 Å². The SMILES string of the molecule is C1=CC2(CCCCO2)N=C1. The van der Waals surface area contributed by atoms with Crippen molar-refractivity contribution in [2.24, 2.45) is 4.99 Å². The Hall–Kier alpha value is -0.630. The summed E-state index contributed by atoms with van der Waals surface area (Å²) < 4.78 is 5.54. The normalized spacial score (nSPS) is 37.6. The van der Waals surface area contributed by atoms with Crippen LogP contribution in [-0.4, -0.2) is 18.5 Å². The summed E-state index contributed by atoms with van der Waals surface area (Å²) in [5, 5.41) is 0. The molecule has 0 radical (unpaired) electrons. The van der Waals surface area contributed by atoms with E-state index < -0.39 is 0 Å². The van der Waals surface area contributed by atoms with E-state index in [4.69, 9.17) is 4.74 Å². The number of allylic oxidation sites excluding steroid dienone is 1. The zero-order valence-corrected chi connectivity index (χ0v) is 5.92. The molecule has 1 fully saturated rings. The number of rotatable bonds is 0. The minimum absolute atomic E-state index is 0.238. The van der Waals surface area contributed by atoms with Gasteiger partial charge in [0.2, 0.25) is 0 Å². The fraction of sp³-hybridized carbons (Fsp3) is 0.625. The monoisotopic (exact) mass is 137 g/mol. The summed E-state index contributed by atoms with van der Waals surface area (Å²) in [5.74, 6) is 0. The van der Waals surface area contributed by atoms with Gasteiger partial charge in [-0.25, -0.2) is 0 Å². The molecule has 0 bridgehead atoms. The maximum absolute atomic E-state index is 5.54. The van der Waals surface area contributed by atoms with Gasteiger partial charge in [-0.2, -0.15) is 0 Å². The van der Waals surface area contributed by atoms with Gasteiger partial charge in [-0.05, 0) is 25.0 Å². The molecule has 1 saturated heterocycles. The lowest BCUT2D eigenvalue weighted by atomic mass is 10.0. The van der Waals surface area contributed by atoms with Crippen molar-refractivity contribution < 1.29 is 4.74 Å². The second-order valence-electron chi connectivity index (χ2n) is 2.79. The summed E-state index contributed by atoms with van der Waals surface area (Å²) in [5.41, 5.74) is -0.238. The smallest absolute Gasteiger partial charge is 0.178 e. The predicted octanol–water partition coefficient (Wildman–Crippen LogP) is 1.52. The molecule has 0 aromatic carbocycles. The lowest BCUT2D eigenvalue weighted by Crippen LogP contribution is -2.30. The molecule has 54 valence electrons. The highest BCUT2D eigenvalue weighted by molar-refractivity contribution is 5.74. The minimum Gasteiger partial charge on any atom is -0.350 e. The van der Waals surface area contributed by atoms with E-state index >= 15 is 0 Å². The van der Waals surface area contributed by atoms with Crippen LogP contribution in [0.5, 0.6) is 0 Å². The molecule has 1 spiro atoms. The Bertz CT molecular complexity index is 164. The summed E-state index contributed by atoms with van der Waals surface area (Å²) in [7, 11) is 0. The Kier molecular flexibility index (Phi) is 1.34. The molecule has 0 aromatic heterocycles. The van der Waals surface area contributed by atoms with Crippen molar-refractivity contribution in [3.63, 3.8) is 0 Å². The van der Waals surface area contributed by atoms with E-state index in [0.717, 1.165) is 13.0 Å². The van der Waals surface area contributed by atoms with Gasteiger partial charge in [-0.3, -0.25) is 4.99 Å². The van der Waals surface area contributed by atoms with Gasteiger partial charge in [-0.1, -0.05) is 0 Å². The molecule has 1 unspecified atom stereocenters. The maximum atomic E-state index is 5.54. The van der Waals surface area contributed by atoms with Crippen molar-refractivity contribution >= 4 is 6.21 Å². The number of nitrogens with zero attached hydrogens (tertiary/aromatic N) is 1. The average molecular weight is 137 g/mol. The topological polar surface area (TPSA) is 21.6 Å². The first-order chi connectivity index (χ1) is 4.91. The highest BCUT2D eigenvalue weighted by Gasteiger charge is 2.30. The van der Waals surface area contributed by atoms with Crippen molar-refractivity contribution in [1.82, 2.24) is 0 Å². The molecular formula is C8H11NO. The van der Waals surface area contributed by atoms with Gasteiger partial charge in [-0.15, -0.1) is 0 Å². The van der Waals surface area contributed by atoms with Gasteiger partial charge in [0.15, 0.2) is 5.72 Å². The predicted molar refractivity (Wildman–Crippen MR) is 40.2 cm³/mol. The highest BCUT2D eigenvalue weighted by Crippen LogP contribution is 2.29. The van der Waals surface area contributed by atoms with Crippen LogP contribution in [0.25, 0.3) is 0 Å². The first-order valence-corrected chi connectivity index (χ1v) is 3.78. The Morgan fingerprint density at radius 2 is 2.40 bits per heavy atom. The fourth-order valence-electron chi connectivity index (χ4n) is 1.44. The zero-order valence-electron chi connectivity index (χ0n) is 5.92. The third-order valence-electron chi connectivity index (χ3n) is 2.02. The molecule has 10 heavy (non-hydrogen) atoms. The minimum atomic E-state index is -0.238. The second-order valence-corrected chi connectivity index (χ2v) is 2.79. The zero-order chi connectivity index (χ0) is 6.86. The third kappa shape index (κ3) is 0.886. The molecule has 2 rings (SSSR count). The molecule has 0 aromatic rings. The standard InChI is InChI=1S/C8H11NO/c1-2-7-10-8(4-1)5-3-6-9-8/h3,5-6H,1-2,4,7H2. The Balaban J connectivity index is 2.13. The number of aliphatic imine (C=N–C) groups is 1. The van der Waals surface area contributed by atoms with Crippen LogP contribution in [-0.2, 0) is 4.74 Å². The number of hydrogen-bond acceptors (Lipinski definition) is 2. The van der Waals surface area contributed by atoms with Crippen molar-refractivity contribution in [3.8, 4) is 0 Å². The first kappa shape index (κ1) is 6.10. The molecule has 0 saturated carbocycles. The van der Waals surface area contributed by atoms with Gasteiger partial charge >= 0.3 is 0 Å². The van der Waals surface area contributed by atoms with E-state index in [2.05, 4.69) is 4.99 Å². The van der Waals surface area contributed by atoms with Crippen molar-refractivity contribution in [2.75, 3.05) is 6.61 Å². The summed E-state index contributed by atoms with van der Waals surface area (Å²) in [6.07, 6.45) is 9.32. The van der Waals surface area contributed by atoms with E-state index in [9.17, 15) is 0 Å². The van der Waals surface area contributed by atoms with Crippen LogP contribution in [0.1, 0.15) is 19.3 Å². The van der Waals surface area contributed by atoms with E-state index in [0.29, 0.717) is 0 Å². The highest BCUT2D eigenvalue weighted by atomic mass is 16.5. The summed E-state index contributed by atoms with van der Waals surface area (Å²) in [6.45, 7) is 0.863. The molecule has 2 heterocycles. The molecule has 2 aliphatic rings. The van der Waals surface area contributed by atoms with Gasteiger partial charge in [0, 0.05) is 19.2 Å². The van der Waals surface area contributed by atoms with Crippen LogP contribution >= 0.6 is 0 Å². The molecule has 2 aliphatic heterocycles. The maximum Gasteiger partial charge on any atom is 0.178 e. The van der Waals surface area contributed by atoms with Crippen LogP contribution in [0.4, 0.5) is 0 Å². The quantitative estimate of drug-likeness (QED) is 0.496. The first-order valence-electron chi connectivity index (χ1n) is 3.78. The van der Waals surface area contributed by atoms with Crippen LogP contribution in [0, 0.1) is 0 Å². The molecule has 0 amide bonds. The summed E-state index contributed by atoms with van der Waals surface area (Å²) in [4.78, 5) is 4.27. The lowest BCUT2D eigenvalue weighted by molar-refractivity contribution is -0.0344. The van der Waals surface area contributed by atoms with Gasteiger partial charge < -0.3 is 4.74 Å². The van der Waals surface area contributed by atoms with Crippen LogP contribution < -0.4 is 0 Å². The third-order valence-corrected chi connectivity index (χ3v) is 2.02. The van der Waals surface area contributed by atoms with Crippen molar-refractivity contribution in [3.05, 3.63) is 12.2 Å². The number of hydrogen-bond donors (Lipinski definition) is 0. The fourth-order valence-corrected chi connectivity index (χ4v) is 1.44. The second kappa shape index (κ2) is 2.20. The lowest BCUT2D eigenvalue weighted by Gasteiger charge is -2.28. The van der Waals surface area contributed by atoms with Crippen molar-refractivity contribution in [1.29, 1.82) is 0 Å². The van der Waals surface area contributed by atoms with Crippen LogP contribution in [0.3, 0.4) is 0 Å². The van der Waals surface area contributed by atoms with E-state index in [1.165, 1.54) is 12.8 Å². The number of ether oxygens (including phenoxy) is 1. The van der Waals surface area contributed by atoms with Gasteiger partial charge in [0.25, 0.3) is 0 Å². The largest absolute Gasteiger partial charge is 0.350 e. The van der Waals surface area contributed by atoms with Crippen molar-refractivity contribution in [2.45, 2.75) is 25.0 Å². The summed E-state index contributed by atoms with van der Waals surface area (Å²) in [6, 6.07) is 0. The molecule has 2 heteroatoms. The average Bonchev–Trinajstić information content (AvgIpc) is 2.39. The van der Waals surface area contributed by atoms with Crippen LogP contribution in [0.15, 0.2) is 17.1 Å². The Labute approximate surface area is 60.6 Å². The molecular weight excluding hydrogens is 126 g/mol.